The molecule has 3 heterocycles. The highest BCUT2D eigenvalue weighted by molar-refractivity contribution is 5.81. The molecule has 0 radical (unpaired) electrons. The van der Waals surface area contributed by atoms with Gasteiger partial charge in [0.15, 0.2) is 5.58 Å². The first-order valence-electron chi connectivity index (χ1n) is 15.3. The number of nitrogens with zero attached hydrogens (tertiary/aromatic N) is 3. The highest BCUT2D eigenvalue weighted by Crippen LogP contribution is 2.44. The number of piperidine rings is 1. The Balaban J connectivity index is 1.15. The molecule has 214 valence electrons. The van der Waals surface area contributed by atoms with Gasteiger partial charge < -0.3 is 19.3 Å². The number of benzene rings is 2. The molecule has 6 rings (SSSR count). The molecule has 2 aromatic carbocycles. The van der Waals surface area contributed by atoms with Crippen LogP contribution in [0.15, 0.2) is 53.1 Å². The molecule has 2 unspecified atom stereocenters. The number of aromatic nitrogens is 1. The molecule has 1 N–H and O–H groups in total. The van der Waals surface area contributed by atoms with Crippen LogP contribution < -0.4 is 4.74 Å². The van der Waals surface area contributed by atoms with E-state index in [1.165, 1.54) is 12.0 Å². The van der Waals surface area contributed by atoms with Gasteiger partial charge in [-0.05, 0) is 69.3 Å². The minimum atomic E-state index is -0.654. The van der Waals surface area contributed by atoms with Gasteiger partial charge in [0.25, 0.3) is 0 Å². The van der Waals surface area contributed by atoms with Crippen molar-refractivity contribution in [3.05, 3.63) is 59.8 Å². The van der Waals surface area contributed by atoms with E-state index in [2.05, 4.69) is 51.4 Å². The van der Waals surface area contributed by atoms with Gasteiger partial charge in [0, 0.05) is 48.5 Å². The summed E-state index contributed by atoms with van der Waals surface area (Å²) in [7, 11) is 0. The maximum Gasteiger partial charge on any atom is 0.305 e. The Kier molecular flexibility index (Phi) is 8.12. The first-order chi connectivity index (χ1) is 19.5. The van der Waals surface area contributed by atoms with Crippen LogP contribution >= 0.6 is 0 Å². The lowest BCUT2D eigenvalue weighted by Crippen LogP contribution is -2.50. The zero-order valence-electron chi connectivity index (χ0n) is 23.8. The van der Waals surface area contributed by atoms with Crippen LogP contribution in [-0.4, -0.2) is 70.9 Å². The first-order valence-corrected chi connectivity index (χ1v) is 15.3. The van der Waals surface area contributed by atoms with Crippen molar-refractivity contribution in [3.63, 3.8) is 0 Å². The van der Waals surface area contributed by atoms with Crippen molar-refractivity contribution in [1.29, 1.82) is 0 Å². The molecule has 1 saturated carbocycles. The Labute approximate surface area is 237 Å². The van der Waals surface area contributed by atoms with E-state index in [0.29, 0.717) is 24.4 Å². The number of carboxylic acid groups (broad SMARTS) is 1. The average molecular weight is 546 g/mol. The number of carboxylic acids is 1. The van der Waals surface area contributed by atoms with Crippen molar-refractivity contribution >= 4 is 16.9 Å². The maximum atomic E-state index is 12.0. The van der Waals surface area contributed by atoms with Gasteiger partial charge in [-0.1, -0.05) is 54.8 Å². The van der Waals surface area contributed by atoms with E-state index >= 15 is 0 Å². The van der Waals surface area contributed by atoms with Crippen LogP contribution in [-0.2, 0) is 4.79 Å². The second kappa shape index (κ2) is 11.9. The van der Waals surface area contributed by atoms with Crippen molar-refractivity contribution in [2.24, 2.45) is 5.92 Å². The number of hydrogen-bond acceptors (Lipinski definition) is 6. The van der Waals surface area contributed by atoms with Gasteiger partial charge in [0.2, 0.25) is 0 Å². The van der Waals surface area contributed by atoms with Gasteiger partial charge in [-0.15, -0.1) is 0 Å². The van der Waals surface area contributed by atoms with Gasteiger partial charge in [-0.25, -0.2) is 0 Å². The van der Waals surface area contributed by atoms with Crippen molar-refractivity contribution in [2.45, 2.75) is 75.7 Å². The fourth-order valence-corrected chi connectivity index (χ4v) is 7.83. The van der Waals surface area contributed by atoms with E-state index in [-0.39, 0.29) is 12.0 Å². The molecular weight excluding hydrogens is 502 g/mol. The van der Waals surface area contributed by atoms with E-state index in [9.17, 15) is 9.90 Å². The molecule has 7 heteroatoms. The molecule has 40 heavy (non-hydrogen) atoms. The molecule has 3 aliphatic rings. The van der Waals surface area contributed by atoms with E-state index < -0.39 is 5.97 Å². The minimum absolute atomic E-state index is 0.186. The Hall–Kier alpha value is -2.90. The second-order valence-corrected chi connectivity index (χ2v) is 12.3. The molecular formula is C33H43N3O4. The number of ether oxygens (including phenoxy) is 1. The van der Waals surface area contributed by atoms with Gasteiger partial charge in [0.1, 0.15) is 5.75 Å². The van der Waals surface area contributed by atoms with Gasteiger partial charge in [-0.3, -0.25) is 9.69 Å². The zero-order valence-corrected chi connectivity index (χ0v) is 23.8. The third-order valence-electron chi connectivity index (χ3n) is 9.85. The number of fused-ring (bicyclic) bond motifs is 1. The predicted molar refractivity (Wildman–Crippen MR) is 156 cm³/mol. The normalized spacial score (nSPS) is 24.4. The Morgan fingerprint density at radius 1 is 1.07 bits per heavy atom. The van der Waals surface area contributed by atoms with Crippen LogP contribution in [0.25, 0.3) is 11.0 Å². The smallest absolute Gasteiger partial charge is 0.305 e. The van der Waals surface area contributed by atoms with E-state index in [1.807, 2.05) is 19.1 Å². The van der Waals surface area contributed by atoms with Crippen molar-refractivity contribution < 1.29 is 19.2 Å². The lowest BCUT2D eigenvalue weighted by atomic mass is 9.78. The Bertz CT molecular complexity index is 1280. The lowest BCUT2D eigenvalue weighted by molar-refractivity contribution is -0.141. The molecule has 2 aliphatic heterocycles. The number of aliphatic carboxylic acids is 1. The molecule has 0 spiro atoms. The summed E-state index contributed by atoms with van der Waals surface area (Å²) in [4.78, 5) is 17.2. The Morgan fingerprint density at radius 2 is 1.85 bits per heavy atom. The summed E-state index contributed by atoms with van der Waals surface area (Å²) in [6, 6.07) is 17.0. The van der Waals surface area contributed by atoms with Crippen LogP contribution in [0.2, 0.25) is 0 Å². The molecule has 2 atom stereocenters. The summed E-state index contributed by atoms with van der Waals surface area (Å²) < 4.78 is 11.3. The Morgan fingerprint density at radius 3 is 2.58 bits per heavy atom. The topological polar surface area (TPSA) is 79.0 Å². The quantitative estimate of drug-likeness (QED) is 0.338. The fraction of sp³-hybridized carbons (Fsp3) is 0.576. The summed E-state index contributed by atoms with van der Waals surface area (Å²) >= 11 is 0. The van der Waals surface area contributed by atoms with E-state index in [1.54, 1.807) is 0 Å². The predicted octanol–water partition coefficient (Wildman–Crippen LogP) is 6.30. The van der Waals surface area contributed by atoms with Crippen molar-refractivity contribution in [1.82, 2.24) is 15.0 Å². The maximum absolute atomic E-state index is 12.0. The summed E-state index contributed by atoms with van der Waals surface area (Å²) in [6.07, 6.45) is 7.94. The summed E-state index contributed by atoms with van der Waals surface area (Å²) in [5.41, 5.74) is 3.10. The summed E-state index contributed by atoms with van der Waals surface area (Å²) in [5, 5.41) is 15.4. The number of carbonyl (C=O) groups is 1. The van der Waals surface area contributed by atoms with E-state index in [4.69, 9.17) is 9.26 Å². The molecule has 1 aliphatic carbocycles. The van der Waals surface area contributed by atoms with E-state index in [0.717, 1.165) is 93.7 Å². The highest BCUT2D eigenvalue weighted by Gasteiger charge is 2.46. The van der Waals surface area contributed by atoms with Crippen molar-refractivity contribution in [2.75, 3.05) is 39.3 Å². The largest absolute Gasteiger partial charge is 0.494 e. The van der Waals surface area contributed by atoms with Crippen LogP contribution in [0.5, 0.6) is 5.75 Å². The number of rotatable bonds is 9. The van der Waals surface area contributed by atoms with Gasteiger partial charge in [-0.2, -0.15) is 0 Å². The minimum Gasteiger partial charge on any atom is -0.494 e. The third-order valence-corrected chi connectivity index (χ3v) is 9.85. The summed E-state index contributed by atoms with van der Waals surface area (Å²) in [6.45, 7) is 7.73. The fourth-order valence-electron chi connectivity index (χ4n) is 7.83. The molecule has 2 saturated heterocycles. The monoisotopic (exact) mass is 545 g/mol. The first kappa shape index (κ1) is 27.3. The third kappa shape index (κ3) is 5.64. The average Bonchev–Trinajstić information content (AvgIpc) is 3.59. The van der Waals surface area contributed by atoms with Crippen LogP contribution in [0.1, 0.15) is 81.4 Å². The van der Waals surface area contributed by atoms with Crippen LogP contribution in [0.3, 0.4) is 0 Å². The molecule has 7 nitrogen and oxygen atoms in total. The van der Waals surface area contributed by atoms with Crippen LogP contribution in [0.4, 0.5) is 0 Å². The molecule has 0 amide bonds. The van der Waals surface area contributed by atoms with Gasteiger partial charge in [0.05, 0.1) is 18.7 Å². The lowest BCUT2D eigenvalue weighted by Gasteiger charge is -2.44. The zero-order chi connectivity index (χ0) is 27.5. The van der Waals surface area contributed by atoms with Gasteiger partial charge >= 0.3 is 5.97 Å². The summed E-state index contributed by atoms with van der Waals surface area (Å²) in [5.74, 6) is 1.51. The SMILES string of the molecule is CCOc1ccc2c(C3CCN(CC4CN(C5(CC(=O)O)CCCCC5)CC4c4ccccc4)CC3)noc2c1. The standard InChI is InChI=1S/C33H43N3O4/c1-2-39-27-11-12-28-30(19-27)40-34-32(28)25-13-17-35(18-14-25)21-26-22-36(23-29(26)24-9-5-3-6-10-24)33(20-31(37)38)15-7-4-8-16-33/h3,5-6,9-12,19,25-26,29H,2,4,7-8,13-18,20-23H2,1H3,(H,37,38). The second-order valence-electron chi connectivity index (χ2n) is 12.3. The van der Waals surface area contributed by atoms with Crippen molar-refractivity contribution in [3.8, 4) is 5.75 Å². The number of hydrogen-bond donors (Lipinski definition) is 1. The molecule has 3 aromatic rings. The highest BCUT2D eigenvalue weighted by atomic mass is 16.5. The molecule has 0 bridgehead atoms. The molecule has 1 aromatic heterocycles. The molecule has 3 fully saturated rings. The number of likely N-dealkylation sites (tertiary alicyclic amines) is 2. The van der Waals surface area contributed by atoms with Crippen LogP contribution in [0, 0.1) is 5.92 Å².